The lowest BCUT2D eigenvalue weighted by Gasteiger charge is -2.06. The fourth-order valence-electron chi connectivity index (χ4n) is 2.35. The molecule has 1 saturated carbocycles. The van der Waals surface area contributed by atoms with Crippen LogP contribution < -0.4 is 0 Å². The van der Waals surface area contributed by atoms with Crippen molar-refractivity contribution in [3.63, 3.8) is 0 Å². The van der Waals surface area contributed by atoms with Crippen molar-refractivity contribution in [2.24, 2.45) is 11.8 Å². The lowest BCUT2D eigenvalue weighted by Crippen LogP contribution is -2.13. The van der Waals surface area contributed by atoms with E-state index in [2.05, 4.69) is 6.92 Å². The zero-order valence-corrected chi connectivity index (χ0v) is 10.6. The number of carboxylic acid groups (broad SMARTS) is 1. The summed E-state index contributed by atoms with van der Waals surface area (Å²) in [6, 6.07) is 3.86. The smallest absolute Gasteiger partial charge is 0.306 e. The summed E-state index contributed by atoms with van der Waals surface area (Å²) in [4.78, 5) is 25.0. The van der Waals surface area contributed by atoms with Crippen LogP contribution in [0.15, 0.2) is 12.1 Å². The molecule has 0 radical (unpaired) electrons. The summed E-state index contributed by atoms with van der Waals surface area (Å²) in [6.07, 6.45) is 2.81. The van der Waals surface area contributed by atoms with Gasteiger partial charge in [0.25, 0.3) is 0 Å². The molecule has 0 amide bonds. The van der Waals surface area contributed by atoms with Crippen molar-refractivity contribution in [2.75, 3.05) is 0 Å². The SMILES string of the molecule is CCc1ccc(C(=O)C2CCC(C(=O)O)C2)s1. The Morgan fingerprint density at radius 1 is 1.35 bits per heavy atom. The van der Waals surface area contributed by atoms with Crippen molar-refractivity contribution in [2.45, 2.75) is 32.6 Å². The molecule has 0 spiro atoms. The lowest BCUT2D eigenvalue weighted by atomic mass is 9.99. The predicted molar refractivity (Wildman–Crippen MR) is 66.5 cm³/mol. The number of carbonyl (C=O) groups is 2. The summed E-state index contributed by atoms with van der Waals surface area (Å²) in [5, 5.41) is 8.92. The van der Waals surface area contributed by atoms with Gasteiger partial charge in [-0.1, -0.05) is 6.92 Å². The van der Waals surface area contributed by atoms with Gasteiger partial charge in [0.2, 0.25) is 0 Å². The standard InChI is InChI=1S/C13H16O3S/c1-2-10-5-6-11(17-10)12(14)8-3-4-9(7-8)13(15)16/h5-6,8-9H,2-4,7H2,1H3,(H,15,16). The van der Waals surface area contributed by atoms with Gasteiger partial charge in [-0.2, -0.15) is 0 Å². The molecule has 1 aromatic rings. The number of Topliss-reactive ketones (excluding diaryl/α,β-unsaturated/α-hetero) is 1. The highest BCUT2D eigenvalue weighted by Gasteiger charge is 2.34. The summed E-state index contributed by atoms with van der Waals surface area (Å²) in [6.45, 7) is 2.07. The third-order valence-corrected chi connectivity index (χ3v) is 4.65. The molecule has 4 heteroatoms. The Balaban J connectivity index is 2.04. The van der Waals surface area contributed by atoms with Gasteiger partial charge in [0.05, 0.1) is 10.8 Å². The predicted octanol–water partition coefficient (Wildman–Crippen LogP) is 2.99. The van der Waals surface area contributed by atoms with Gasteiger partial charge < -0.3 is 5.11 Å². The van der Waals surface area contributed by atoms with Crippen LogP contribution in [0.5, 0.6) is 0 Å². The van der Waals surface area contributed by atoms with Crippen LogP contribution in [0, 0.1) is 11.8 Å². The van der Waals surface area contributed by atoms with Crippen molar-refractivity contribution < 1.29 is 14.7 Å². The molecule has 0 aliphatic heterocycles. The summed E-state index contributed by atoms with van der Waals surface area (Å²) >= 11 is 1.54. The third kappa shape index (κ3) is 2.57. The topological polar surface area (TPSA) is 54.4 Å². The molecule has 1 aromatic heterocycles. The average molecular weight is 252 g/mol. The Labute approximate surface area is 104 Å². The number of aliphatic carboxylic acids is 1. The average Bonchev–Trinajstić information content (AvgIpc) is 2.97. The maximum Gasteiger partial charge on any atom is 0.306 e. The molecular formula is C13H16O3S. The molecule has 1 heterocycles. The molecule has 2 atom stereocenters. The van der Waals surface area contributed by atoms with E-state index in [1.54, 1.807) is 11.3 Å². The Hall–Kier alpha value is -1.16. The number of thiophene rings is 1. The fraction of sp³-hybridized carbons (Fsp3) is 0.538. The molecule has 1 N–H and O–H groups in total. The van der Waals surface area contributed by atoms with Gasteiger partial charge in [-0.05, 0) is 37.8 Å². The monoisotopic (exact) mass is 252 g/mol. The summed E-state index contributed by atoms with van der Waals surface area (Å²) < 4.78 is 0. The van der Waals surface area contributed by atoms with Crippen LogP contribution in [-0.2, 0) is 11.2 Å². The van der Waals surface area contributed by atoms with E-state index < -0.39 is 5.97 Å². The maximum absolute atomic E-state index is 12.2. The zero-order chi connectivity index (χ0) is 12.4. The summed E-state index contributed by atoms with van der Waals surface area (Å²) in [5.41, 5.74) is 0. The van der Waals surface area contributed by atoms with Crippen LogP contribution in [0.3, 0.4) is 0 Å². The van der Waals surface area contributed by atoms with Crippen molar-refractivity contribution in [1.29, 1.82) is 0 Å². The minimum Gasteiger partial charge on any atom is -0.481 e. The second kappa shape index (κ2) is 5.00. The zero-order valence-electron chi connectivity index (χ0n) is 9.81. The van der Waals surface area contributed by atoms with E-state index in [1.807, 2.05) is 12.1 Å². The number of carbonyl (C=O) groups excluding carboxylic acids is 1. The molecule has 0 aromatic carbocycles. The number of rotatable bonds is 4. The third-order valence-electron chi connectivity index (χ3n) is 3.41. The number of carboxylic acids is 1. The van der Waals surface area contributed by atoms with Gasteiger partial charge in [0.15, 0.2) is 5.78 Å². The van der Waals surface area contributed by atoms with Gasteiger partial charge >= 0.3 is 5.97 Å². The molecule has 1 fully saturated rings. The molecule has 1 aliphatic rings. The normalized spacial score (nSPS) is 23.8. The lowest BCUT2D eigenvalue weighted by molar-refractivity contribution is -0.141. The second-order valence-corrected chi connectivity index (χ2v) is 5.70. The maximum atomic E-state index is 12.2. The van der Waals surface area contributed by atoms with Gasteiger partial charge in [0, 0.05) is 10.8 Å². The van der Waals surface area contributed by atoms with Crippen molar-refractivity contribution in [1.82, 2.24) is 0 Å². The Morgan fingerprint density at radius 2 is 2.06 bits per heavy atom. The molecule has 0 saturated heterocycles. The van der Waals surface area contributed by atoms with E-state index in [0.717, 1.165) is 17.7 Å². The molecule has 2 unspecified atom stereocenters. The Morgan fingerprint density at radius 3 is 2.59 bits per heavy atom. The number of hydrogen-bond donors (Lipinski definition) is 1. The molecule has 3 nitrogen and oxygen atoms in total. The molecule has 17 heavy (non-hydrogen) atoms. The van der Waals surface area contributed by atoms with Crippen molar-refractivity contribution in [3.05, 3.63) is 21.9 Å². The first-order chi connectivity index (χ1) is 8.11. The van der Waals surface area contributed by atoms with Crippen LogP contribution in [0.1, 0.15) is 40.7 Å². The number of ketones is 1. The van der Waals surface area contributed by atoms with E-state index >= 15 is 0 Å². The highest BCUT2D eigenvalue weighted by molar-refractivity contribution is 7.14. The first-order valence-corrected chi connectivity index (χ1v) is 6.79. The van der Waals surface area contributed by atoms with E-state index in [9.17, 15) is 9.59 Å². The largest absolute Gasteiger partial charge is 0.481 e. The highest BCUT2D eigenvalue weighted by atomic mass is 32.1. The van der Waals surface area contributed by atoms with E-state index in [-0.39, 0.29) is 17.6 Å². The molecule has 1 aliphatic carbocycles. The van der Waals surface area contributed by atoms with Gasteiger partial charge in [-0.15, -0.1) is 11.3 Å². The molecular weight excluding hydrogens is 236 g/mol. The van der Waals surface area contributed by atoms with Crippen LogP contribution in [0.25, 0.3) is 0 Å². The van der Waals surface area contributed by atoms with Crippen LogP contribution in [0.2, 0.25) is 0 Å². The Kier molecular flexibility index (Phi) is 3.62. The number of aryl methyl sites for hydroxylation is 1. The van der Waals surface area contributed by atoms with E-state index in [4.69, 9.17) is 5.11 Å². The minimum atomic E-state index is -0.763. The van der Waals surface area contributed by atoms with E-state index in [0.29, 0.717) is 12.8 Å². The van der Waals surface area contributed by atoms with Crippen LogP contribution in [0.4, 0.5) is 0 Å². The van der Waals surface area contributed by atoms with Crippen LogP contribution >= 0.6 is 11.3 Å². The van der Waals surface area contributed by atoms with E-state index in [1.165, 1.54) is 4.88 Å². The van der Waals surface area contributed by atoms with Gasteiger partial charge in [-0.25, -0.2) is 0 Å². The second-order valence-electron chi connectivity index (χ2n) is 4.53. The molecule has 92 valence electrons. The summed E-state index contributed by atoms with van der Waals surface area (Å²) in [5.74, 6) is -1.03. The first-order valence-electron chi connectivity index (χ1n) is 5.97. The van der Waals surface area contributed by atoms with Gasteiger partial charge in [0.1, 0.15) is 0 Å². The summed E-state index contributed by atoms with van der Waals surface area (Å²) in [7, 11) is 0. The fourth-order valence-corrected chi connectivity index (χ4v) is 3.31. The first kappa shape index (κ1) is 12.3. The molecule has 2 rings (SSSR count). The van der Waals surface area contributed by atoms with Crippen molar-refractivity contribution in [3.8, 4) is 0 Å². The quantitative estimate of drug-likeness (QED) is 0.838. The van der Waals surface area contributed by atoms with Gasteiger partial charge in [-0.3, -0.25) is 9.59 Å². The number of hydrogen-bond acceptors (Lipinski definition) is 3. The highest BCUT2D eigenvalue weighted by Crippen LogP contribution is 2.34. The minimum absolute atomic E-state index is 0.0838. The van der Waals surface area contributed by atoms with Crippen LogP contribution in [-0.4, -0.2) is 16.9 Å². The Bertz CT molecular complexity index is 436. The van der Waals surface area contributed by atoms with Crippen molar-refractivity contribution >= 4 is 23.1 Å². The molecule has 0 bridgehead atoms.